The van der Waals surface area contributed by atoms with E-state index in [0.717, 1.165) is 37.0 Å². The molecule has 0 aromatic heterocycles. The molecule has 1 aromatic carbocycles. The Kier molecular flexibility index (Phi) is 4.36. The number of hydrogen-bond donors (Lipinski definition) is 1. The van der Waals surface area contributed by atoms with Gasteiger partial charge < -0.3 is 10.1 Å². The molecule has 2 fully saturated rings. The van der Waals surface area contributed by atoms with E-state index in [1.54, 1.807) is 7.11 Å². The molecule has 1 amide bonds. The minimum atomic E-state index is -2.99. The lowest BCUT2D eigenvalue weighted by atomic mass is 9.77. The lowest BCUT2D eigenvalue weighted by Crippen LogP contribution is -2.47. The lowest BCUT2D eigenvalue weighted by molar-refractivity contribution is -0.127. The molecular formula is C17H23NO4S. The first-order chi connectivity index (χ1) is 11.0. The Labute approximate surface area is 137 Å². The fraction of sp³-hybridized carbons (Fsp3) is 0.588. The molecule has 23 heavy (non-hydrogen) atoms. The average Bonchev–Trinajstić information content (AvgIpc) is 3.15. The molecule has 1 saturated heterocycles. The first kappa shape index (κ1) is 16.3. The Morgan fingerprint density at radius 2 is 1.87 bits per heavy atom. The Bertz CT molecular complexity index is 675. The van der Waals surface area contributed by atoms with Crippen LogP contribution in [0.1, 0.15) is 37.7 Å². The summed E-state index contributed by atoms with van der Waals surface area (Å²) < 4.78 is 28.4. The summed E-state index contributed by atoms with van der Waals surface area (Å²) in [7, 11) is -1.37. The van der Waals surface area contributed by atoms with E-state index in [9.17, 15) is 13.2 Å². The number of methoxy groups -OCH3 is 1. The molecule has 5 nitrogen and oxygen atoms in total. The van der Waals surface area contributed by atoms with Crippen LogP contribution in [-0.2, 0) is 20.0 Å². The fourth-order valence-electron chi connectivity index (χ4n) is 3.77. The van der Waals surface area contributed by atoms with Crippen LogP contribution < -0.4 is 10.1 Å². The Morgan fingerprint density at radius 3 is 2.39 bits per heavy atom. The summed E-state index contributed by atoms with van der Waals surface area (Å²) in [6, 6.07) is 7.42. The molecule has 1 aliphatic heterocycles. The predicted molar refractivity (Wildman–Crippen MR) is 88.3 cm³/mol. The van der Waals surface area contributed by atoms with Crippen LogP contribution in [-0.4, -0.2) is 39.0 Å². The smallest absolute Gasteiger partial charge is 0.230 e. The number of hydrogen-bond acceptors (Lipinski definition) is 4. The summed E-state index contributed by atoms with van der Waals surface area (Å²) in [6.07, 6.45) is 4.17. The van der Waals surface area contributed by atoms with Crippen molar-refractivity contribution in [1.29, 1.82) is 0 Å². The summed E-state index contributed by atoms with van der Waals surface area (Å²) in [4.78, 5) is 13.0. The number of nitrogens with one attached hydrogen (secondary N) is 1. The van der Waals surface area contributed by atoms with Crippen LogP contribution in [0, 0.1) is 0 Å². The van der Waals surface area contributed by atoms with Crippen LogP contribution in [0.15, 0.2) is 24.3 Å². The quantitative estimate of drug-likeness (QED) is 0.909. The van der Waals surface area contributed by atoms with Crippen LogP contribution in [0.3, 0.4) is 0 Å². The zero-order valence-electron chi connectivity index (χ0n) is 13.4. The van der Waals surface area contributed by atoms with Gasteiger partial charge in [0.2, 0.25) is 5.91 Å². The number of benzene rings is 1. The molecular weight excluding hydrogens is 314 g/mol. The van der Waals surface area contributed by atoms with Crippen molar-refractivity contribution in [1.82, 2.24) is 5.32 Å². The molecule has 0 spiro atoms. The number of rotatable bonds is 4. The minimum absolute atomic E-state index is 0.0257. The van der Waals surface area contributed by atoms with Gasteiger partial charge in [-0.15, -0.1) is 0 Å². The van der Waals surface area contributed by atoms with E-state index in [1.807, 2.05) is 24.3 Å². The minimum Gasteiger partial charge on any atom is -0.497 e. The monoisotopic (exact) mass is 337 g/mol. The SMILES string of the molecule is COc1ccc(C2(C(=O)NC3CCS(=O)(=O)C3)CCCC2)cc1. The van der Waals surface area contributed by atoms with Gasteiger partial charge >= 0.3 is 0 Å². The lowest BCUT2D eigenvalue weighted by Gasteiger charge is -2.30. The number of carbonyl (C=O) groups is 1. The maximum absolute atomic E-state index is 13.0. The van der Waals surface area contributed by atoms with E-state index in [0.29, 0.717) is 6.42 Å². The van der Waals surface area contributed by atoms with E-state index < -0.39 is 15.3 Å². The summed E-state index contributed by atoms with van der Waals surface area (Å²) in [5, 5.41) is 2.99. The zero-order chi connectivity index (χ0) is 16.5. The average molecular weight is 337 g/mol. The van der Waals surface area contributed by atoms with E-state index >= 15 is 0 Å². The van der Waals surface area contributed by atoms with Crippen molar-refractivity contribution in [3.05, 3.63) is 29.8 Å². The third kappa shape index (κ3) is 3.22. The number of sulfone groups is 1. The van der Waals surface area contributed by atoms with Gasteiger partial charge in [0.15, 0.2) is 9.84 Å². The van der Waals surface area contributed by atoms with Gasteiger partial charge in [0.25, 0.3) is 0 Å². The van der Waals surface area contributed by atoms with Crippen molar-refractivity contribution in [3.8, 4) is 5.75 Å². The van der Waals surface area contributed by atoms with Crippen molar-refractivity contribution in [2.45, 2.75) is 43.6 Å². The topological polar surface area (TPSA) is 72.5 Å². The summed E-state index contributed by atoms with van der Waals surface area (Å²) in [6.45, 7) is 0. The van der Waals surface area contributed by atoms with Crippen LogP contribution in [0.25, 0.3) is 0 Å². The molecule has 2 aliphatic rings. The molecule has 1 atom stereocenters. The number of carbonyl (C=O) groups excluding carboxylic acids is 1. The van der Waals surface area contributed by atoms with Crippen molar-refractivity contribution in [2.75, 3.05) is 18.6 Å². The van der Waals surface area contributed by atoms with Gasteiger partial charge in [-0.1, -0.05) is 25.0 Å². The summed E-state index contributed by atoms with van der Waals surface area (Å²) in [5.41, 5.74) is 0.465. The molecule has 1 N–H and O–H groups in total. The van der Waals surface area contributed by atoms with Gasteiger partial charge in [0.05, 0.1) is 24.0 Å². The first-order valence-electron chi connectivity index (χ1n) is 8.11. The van der Waals surface area contributed by atoms with E-state index in [-0.39, 0.29) is 23.5 Å². The Balaban J connectivity index is 1.81. The Hall–Kier alpha value is -1.56. The van der Waals surface area contributed by atoms with E-state index in [1.165, 1.54) is 0 Å². The molecule has 1 heterocycles. The third-order valence-corrected chi connectivity index (χ3v) is 6.87. The van der Waals surface area contributed by atoms with Gasteiger partial charge in [-0.3, -0.25) is 4.79 Å². The Morgan fingerprint density at radius 1 is 1.22 bits per heavy atom. The third-order valence-electron chi connectivity index (χ3n) is 5.10. The van der Waals surface area contributed by atoms with Crippen molar-refractivity contribution in [2.24, 2.45) is 0 Å². The molecule has 0 bridgehead atoms. The van der Waals surface area contributed by atoms with E-state index in [4.69, 9.17) is 4.74 Å². The molecule has 3 rings (SSSR count). The maximum Gasteiger partial charge on any atom is 0.230 e. The van der Waals surface area contributed by atoms with Gasteiger partial charge in [-0.2, -0.15) is 0 Å². The molecule has 126 valence electrons. The standard InChI is InChI=1S/C17H23NO4S/c1-22-15-6-4-13(5-7-15)17(9-2-3-10-17)16(19)18-14-8-11-23(20,21)12-14/h4-7,14H,2-3,8-12H2,1H3,(H,18,19). The summed E-state index contributed by atoms with van der Waals surface area (Å²) in [5.74, 6) is 0.983. The zero-order valence-corrected chi connectivity index (χ0v) is 14.2. The number of ether oxygens (including phenoxy) is 1. The van der Waals surface area contributed by atoms with Crippen molar-refractivity contribution < 1.29 is 17.9 Å². The second-order valence-corrected chi connectivity index (χ2v) is 8.82. The van der Waals surface area contributed by atoms with Crippen molar-refractivity contribution >= 4 is 15.7 Å². The maximum atomic E-state index is 13.0. The second kappa shape index (κ2) is 6.15. The predicted octanol–water partition coefficient (Wildman–Crippen LogP) is 1.81. The molecule has 1 aromatic rings. The largest absolute Gasteiger partial charge is 0.497 e. The van der Waals surface area contributed by atoms with Gasteiger partial charge in [0.1, 0.15) is 5.75 Å². The van der Waals surface area contributed by atoms with E-state index in [2.05, 4.69) is 5.32 Å². The number of amides is 1. The molecule has 6 heteroatoms. The van der Waals surface area contributed by atoms with Gasteiger partial charge in [-0.05, 0) is 37.0 Å². The molecule has 1 aliphatic carbocycles. The van der Waals surface area contributed by atoms with Crippen LogP contribution in [0.5, 0.6) is 5.75 Å². The molecule has 0 radical (unpaired) electrons. The highest BCUT2D eigenvalue weighted by atomic mass is 32.2. The normalized spacial score (nSPS) is 25.2. The highest BCUT2D eigenvalue weighted by Crippen LogP contribution is 2.42. The second-order valence-electron chi connectivity index (χ2n) is 6.59. The van der Waals surface area contributed by atoms with Crippen molar-refractivity contribution in [3.63, 3.8) is 0 Å². The van der Waals surface area contributed by atoms with Crippen LogP contribution in [0.4, 0.5) is 0 Å². The fourth-order valence-corrected chi connectivity index (χ4v) is 5.44. The summed E-state index contributed by atoms with van der Waals surface area (Å²) >= 11 is 0. The first-order valence-corrected chi connectivity index (χ1v) is 9.93. The highest BCUT2D eigenvalue weighted by molar-refractivity contribution is 7.91. The van der Waals surface area contributed by atoms with Crippen LogP contribution in [0.2, 0.25) is 0 Å². The molecule has 1 unspecified atom stereocenters. The van der Waals surface area contributed by atoms with Gasteiger partial charge in [-0.25, -0.2) is 8.42 Å². The van der Waals surface area contributed by atoms with Crippen LogP contribution >= 0.6 is 0 Å². The highest BCUT2D eigenvalue weighted by Gasteiger charge is 2.44. The van der Waals surface area contributed by atoms with Gasteiger partial charge in [0, 0.05) is 6.04 Å². The molecule has 1 saturated carbocycles.